The summed E-state index contributed by atoms with van der Waals surface area (Å²) in [5, 5.41) is 0. The van der Waals surface area contributed by atoms with Crippen molar-refractivity contribution in [3.63, 3.8) is 0 Å². The standard InChI is InChI=1S/C30H34N2O4/c1-34-27-15-13-24(23-28(27)35-2)14-16-29(33)32-19-17-31(18-20-32)21-22-36-30(25-9-5-3-6-10-25)26-11-7-4-8-12-26/h3-16,23,30H,17-22H2,1-2H3. The molecule has 0 bridgehead atoms. The van der Waals surface area contributed by atoms with Crippen LogP contribution in [0.25, 0.3) is 6.08 Å². The molecule has 0 atom stereocenters. The highest BCUT2D eigenvalue weighted by molar-refractivity contribution is 5.92. The number of piperazine rings is 1. The molecule has 0 unspecified atom stereocenters. The van der Waals surface area contributed by atoms with Crippen molar-refractivity contribution in [2.45, 2.75) is 6.10 Å². The molecule has 0 N–H and O–H groups in total. The predicted octanol–water partition coefficient (Wildman–Crippen LogP) is 4.67. The summed E-state index contributed by atoms with van der Waals surface area (Å²) in [7, 11) is 3.21. The van der Waals surface area contributed by atoms with Crippen LogP contribution in [0.3, 0.4) is 0 Å². The van der Waals surface area contributed by atoms with E-state index in [-0.39, 0.29) is 12.0 Å². The fraction of sp³-hybridized carbons (Fsp3) is 0.300. The molecular weight excluding hydrogens is 452 g/mol. The first-order valence-corrected chi connectivity index (χ1v) is 12.3. The number of rotatable bonds is 10. The number of hydrogen-bond donors (Lipinski definition) is 0. The molecule has 1 amide bonds. The number of methoxy groups -OCH3 is 2. The van der Waals surface area contributed by atoms with Crippen molar-refractivity contribution < 1.29 is 19.0 Å². The molecule has 0 radical (unpaired) electrons. The Hall–Kier alpha value is -3.61. The summed E-state index contributed by atoms with van der Waals surface area (Å²) in [5.41, 5.74) is 3.20. The second-order valence-corrected chi connectivity index (χ2v) is 8.69. The number of carbonyl (C=O) groups excluding carboxylic acids is 1. The Bertz CT molecular complexity index is 1090. The van der Waals surface area contributed by atoms with Gasteiger partial charge in [-0.15, -0.1) is 0 Å². The van der Waals surface area contributed by atoms with E-state index in [2.05, 4.69) is 29.2 Å². The minimum Gasteiger partial charge on any atom is -0.493 e. The van der Waals surface area contributed by atoms with Gasteiger partial charge in [-0.05, 0) is 34.9 Å². The normalized spacial score (nSPS) is 14.4. The maximum absolute atomic E-state index is 12.7. The molecule has 6 nitrogen and oxygen atoms in total. The first-order valence-electron chi connectivity index (χ1n) is 12.3. The number of ether oxygens (including phenoxy) is 3. The predicted molar refractivity (Wildman–Crippen MR) is 142 cm³/mol. The molecule has 0 saturated carbocycles. The van der Waals surface area contributed by atoms with E-state index in [1.807, 2.05) is 65.6 Å². The SMILES string of the molecule is COc1ccc(C=CC(=O)N2CCN(CCOC(c3ccccc3)c3ccccc3)CC2)cc1OC. The van der Waals surface area contributed by atoms with Crippen LogP contribution in [-0.2, 0) is 9.53 Å². The summed E-state index contributed by atoms with van der Waals surface area (Å²) in [6.45, 7) is 4.54. The molecule has 1 heterocycles. The zero-order valence-corrected chi connectivity index (χ0v) is 21.0. The lowest BCUT2D eigenvalue weighted by atomic mass is 10.0. The summed E-state index contributed by atoms with van der Waals surface area (Å²) in [6.07, 6.45) is 3.36. The molecule has 0 aliphatic carbocycles. The lowest BCUT2D eigenvalue weighted by molar-refractivity contribution is -0.127. The van der Waals surface area contributed by atoms with Crippen LogP contribution in [0.15, 0.2) is 84.9 Å². The molecule has 1 fully saturated rings. The zero-order chi connectivity index (χ0) is 25.2. The molecule has 1 aliphatic rings. The Balaban J connectivity index is 1.25. The van der Waals surface area contributed by atoms with Crippen LogP contribution in [0.2, 0.25) is 0 Å². The van der Waals surface area contributed by atoms with E-state index in [0.29, 0.717) is 31.2 Å². The Kier molecular flexibility index (Phi) is 9.14. The molecule has 36 heavy (non-hydrogen) atoms. The molecule has 1 aliphatic heterocycles. The van der Waals surface area contributed by atoms with Gasteiger partial charge in [-0.1, -0.05) is 66.7 Å². The van der Waals surface area contributed by atoms with Gasteiger partial charge in [-0.3, -0.25) is 9.69 Å². The first-order chi connectivity index (χ1) is 17.7. The molecule has 4 rings (SSSR count). The van der Waals surface area contributed by atoms with E-state index in [1.165, 1.54) is 0 Å². The van der Waals surface area contributed by atoms with Crippen molar-refractivity contribution in [2.75, 3.05) is 53.6 Å². The highest BCUT2D eigenvalue weighted by Crippen LogP contribution is 2.28. The summed E-state index contributed by atoms with van der Waals surface area (Å²) in [6, 6.07) is 26.3. The summed E-state index contributed by atoms with van der Waals surface area (Å²) in [4.78, 5) is 17.0. The molecule has 0 spiro atoms. The van der Waals surface area contributed by atoms with Crippen molar-refractivity contribution in [2.24, 2.45) is 0 Å². The monoisotopic (exact) mass is 486 g/mol. The van der Waals surface area contributed by atoms with E-state index >= 15 is 0 Å². The van der Waals surface area contributed by atoms with Crippen molar-refractivity contribution in [3.05, 3.63) is 102 Å². The van der Waals surface area contributed by atoms with Gasteiger partial charge in [0.1, 0.15) is 6.10 Å². The largest absolute Gasteiger partial charge is 0.493 e. The topological polar surface area (TPSA) is 51.2 Å². The van der Waals surface area contributed by atoms with Gasteiger partial charge >= 0.3 is 0 Å². The van der Waals surface area contributed by atoms with Crippen molar-refractivity contribution >= 4 is 12.0 Å². The summed E-state index contributed by atoms with van der Waals surface area (Å²) >= 11 is 0. The van der Waals surface area contributed by atoms with Crippen LogP contribution in [0, 0.1) is 0 Å². The third-order valence-electron chi connectivity index (χ3n) is 6.41. The molecule has 3 aromatic rings. The van der Waals surface area contributed by atoms with Gasteiger partial charge in [0.15, 0.2) is 11.5 Å². The van der Waals surface area contributed by atoms with Crippen molar-refractivity contribution in [1.82, 2.24) is 9.80 Å². The lowest BCUT2D eigenvalue weighted by Gasteiger charge is -2.34. The van der Waals surface area contributed by atoms with Crippen LogP contribution in [0.1, 0.15) is 22.8 Å². The number of hydrogen-bond acceptors (Lipinski definition) is 5. The van der Waals surface area contributed by atoms with E-state index in [1.54, 1.807) is 20.3 Å². The highest BCUT2D eigenvalue weighted by atomic mass is 16.5. The van der Waals surface area contributed by atoms with Crippen LogP contribution >= 0.6 is 0 Å². The second-order valence-electron chi connectivity index (χ2n) is 8.69. The maximum Gasteiger partial charge on any atom is 0.246 e. The number of benzene rings is 3. The van der Waals surface area contributed by atoms with Crippen LogP contribution in [0.4, 0.5) is 0 Å². The number of amides is 1. The highest BCUT2D eigenvalue weighted by Gasteiger charge is 2.20. The minimum absolute atomic E-state index is 0.0221. The number of nitrogens with zero attached hydrogens (tertiary/aromatic N) is 2. The molecule has 6 heteroatoms. The van der Waals surface area contributed by atoms with Crippen LogP contribution in [-0.4, -0.2) is 69.3 Å². The minimum atomic E-state index is -0.0861. The third kappa shape index (κ3) is 6.74. The van der Waals surface area contributed by atoms with Crippen molar-refractivity contribution in [1.29, 1.82) is 0 Å². The Labute approximate surface area is 213 Å². The Morgan fingerprint density at radius 2 is 1.44 bits per heavy atom. The molecule has 0 aromatic heterocycles. The second kappa shape index (κ2) is 12.9. The average molecular weight is 487 g/mol. The van der Waals surface area contributed by atoms with Crippen LogP contribution in [0.5, 0.6) is 11.5 Å². The van der Waals surface area contributed by atoms with Gasteiger partial charge in [0.2, 0.25) is 5.91 Å². The fourth-order valence-electron chi connectivity index (χ4n) is 4.36. The van der Waals surface area contributed by atoms with E-state index in [9.17, 15) is 4.79 Å². The molecule has 3 aromatic carbocycles. The van der Waals surface area contributed by atoms with Gasteiger partial charge in [-0.2, -0.15) is 0 Å². The van der Waals surface area contributed by atoms with Crippen LogP contribution < -0.4 is 9.47 Å². The van der Waals surface area contributed by atoms with E-state index in [4.69, 9.17) is 14.2 Å². The van der Waals surface area contributed by atoms with Gasteiger partial charge in [0, 0.05) is 38.8 Å². The van der Waals surface area contributed by atoms with E-state index in [0.717, 1.165) is 36.3 Å². The summed E-state index contributed by atoms with van der Waals surface area (Å²) in [5.74, 6) is 1.33. The fourth-order valence-corrected chi connectivity index (χ4v) is 4.36. The van der Waals surface area contributed by atoms with E-state index < -0.39 is 0 Å². The smallest absolute Gasteiger partial charge is 0.246 e. The third-order valence-corrected chi connectivity index (χ3v) is 6.41. The van der Waals surface area contributed by atoms with Gasteiger partial charge in [0.25, 0.3) is 0 Å². The molecule has 188 valence electrons. The number of carbonyl (C=O) groups is 1. The Morgan fingerprint density at radius 1 is 0.833 bits per heavy atom. The summed E-state index contributed by atoms with van der Waals surface area (Å²) < 4.78 is 17.0. The van der Waals surface area contributed by atoms with Gasteiger partial charge < -0.3 is 19.1 Å². The Morgan fingerprint density at radius 3 is 2.03 bits per heavy atom. The first kappa shape index (κ1) is 25.5. The maximum atomic E-state index is 12.7. The quantitative estimate of drug-likeness (QED) is 0.390. The molecular formula is C30H34N2O4. The molecule has 1 saturated heterocycles. The van der Waals surface area contributed by atoms with Gasteiger partial charge in [0.05, 0.1) is 20.8 Å². The average Bonchev–Trinajstić information content (AvgIpc) is 2.95. The van der Waals surface area contributed by atoms with Gasteiger partial charge in [-0.25, -0.2) is 0 Å². The zero-order valence-electron chi connectivity index (χ0n) is 21.0. The lowest BCUT2D eigenvalue weighted by Crippen LogP contribution is -2.49. The van der Waals surface area contributed by atoms with Crippen molar-refractivity contribution in [3.8, 4) is 11.5 Å².